The van der Waals surface area contributed by atoms with Crippen LogP contribution in [0.3, 0.4) is 0 Å². The second-order valence-electron chi connectivity index (χ2n) is 5.01. The van der Waals surface area contributed by atoms with Crippen LogP contribution < -0.4 is 5.32 Å². The minimum atomic E-state index is -0.902. The standard InChI is InChI=1S/C12H20N2O3S/c1-12(2,3)10-9(11(15)16)18-8(14-10)7-13-5-6-17-4/h13H,5-7H2,1-4H3,(H,15,16). The lowest BCUT2D eigenvalue weighted by Gasteiger charge is -2.16. The Morgan fingerprint density at radius 2 is 2.17 bits per heavy atom. The van der Waals surface area contributed by atoms with Gasteiger partial charge in [-0.3, -0.25) is 0 Å². The highest BCUT2D eigenvalue weighted by atomic mass is 32.1. The number of carboxylic acids is 1. The van der Waals surface area contributed by atoms with E-state index in [1.165, 1.54) is 11.3 Å². The first-order valence-electron chi connectivity index (χ1n) is 5.79. The fourth-order valence-electron chi connectivity index (χ4n) is 1.46. The quantitative estimate of drug-likeness (QED) is 0.774. The van der Waals surface area contributed by atoms with E-state index in [0.717, 1.165) is 11.6 Å². The molecule has 0 spiro atoms. The molecule has 18 heavy (non-hydrogen) atoms. The highest BCUT2D eigenvalue weighted by Crippen LogP contribution is 2.29. The third kappa shape index (κ3) is 4.04. The summed E-state index contributed by atoms with van der Waals surface area (Å²) < 4.78 is 4.93. The summed E-state index contributed by atoms with van der Waals surface area (Å²) in [6, 6.07) is 0. The van der Waals surface area contributed by atoms with Crippen molar-refractivity contribution in [1.29, 1.82) is 0 Å². The van der Waals surface area contributed by atoms with Crippen LogP contribution in [0.15, 0.2) is 0 Å². The molecule has 6 heteroatoms. The summed E-state index contributed by atoms with van der Waals surface area (Å²) in [6.45, 7) is 7.83. The number of nitrogens with zero attached hydrogens (tertiary/aromatic N) is 1. The second kappa shape index (κ2) is 6.26. The van der Waals surface area contributed by atoms with Crippen LogP contribution >= 0.6 is 11.3 Å². The SMILES string of the molecule is COCCNCc1nc(C(C)(C)C)c(C(=O)O)s1. The molecule has 0 radical (unpaired) electrons. The molecule has 0 unspecified atom stereocenters. The number of methoxy groups -OCH3 is 1. The first kappa shape index (κ1) is 15.1. The summed E-state index contributed by atoms with van der Waals surface area (Å²) in [4.78, 5) is 16.0. The van der Waals surface area contributed by atoms with Crippen LogP contribution in [0.1, 0.15) is 41.1 Å². The van der Waals surface area contributed by atoms with Crippen LogP contribution in [0.2, 0.25) is 0 Å². The third-order valence-electron chi connectivity index (χ3n) is 2.34. The van der Waals surface area contributed by atoms with E-state index in [0.29, 0.717) is 23.7 Å². The molecule has 1 aromatic heterocycles. The third-order valence-corrected chi connectivity index (χ3v) is 3.38. The van der Waals surface area contributed by atoms with E-state index in [-0.39, 0.29) is 5.41 Å². The number of aromatic nitrogens is 1. The van der Waals surface area contributed by atoms with Gasteiger partial charge in [0.05, 0.1) is 12.3 Å². The van der Waals surface area contributed by atoms with Gasteiger partial charge in [-0.2, -0.15) is 0 Å². The average Bonchev–Trinajstić information content (AvgIpc) is 2.68. The number of rotatable bonds is 6. The van der Waals surface area contributed by atoms with Crippen LogP contribution in [-0.2, 0) is 16.7 Å². The summed E-state index contributed by atoms with van der Waals surface area (Å²) >= 11 is 1.24. The Balaban J connectivity index is 2.80. The van der Waals surface area contributed by atoms with Gasteiger partial charge in [-0.05, 0) is 0 Å². The Bertz CT molecular complexity index is 410. The van der Waals surface area contributed by atoms with E-state index in [2.05, 4.69) is 10.3 Å². The molecule has 0 saturated carbocycles. The number of carboxylic acid groups (broad SMARTS) is 1. The highest BCUT2D eigenvalue weighted by molar-refractivity contribution is 7.13. The first-order valence-corrected chi connectivity index (χ1v) is 6.61. The molecule has 0 fully saturated rings. The maximum Gasteiger partial charge on any atom is 0.347 e. The largest absolute Gasteiger partial charge is 0.477 e. The van der Waals surface area contributed by atoms with Gasteiger partial charge >= 0.3 is 5.97 Å². The smallest absolute Gasteiger partial charge is 0.347 e. The normalized spacial score (nSPS) is 11.8. The van der Waals surface area contributed by atoms with Crippen molar-refractivity contribution in [2.45, 2.75) is 32.7 Å². The van der Waals surface area contributed by atoms with Gasteiger partial charge in [-0.25, -0.2) is 9.78 Å². The fourth-order valence-corrected chi connectivity index (χ4v) is 2.55. The molecule has 0 aliphatic carbocycles. The van der Waals surface area contributed by atoms with Crippen molar-refractivity contribution in [2.24, 2.45) is 0 Å². The lowest BCUT2D eigenvalue weighted by atomic mass is 9.91. The summed E-state index contributed by atoms with van der Waals surface area (Å²) in [6.07, 6.45) is 0. The molecule has 5 nitrogen and oxygen atoms in total. The van der Waals surface area contributed by atoms with E-state index >= 15 is 0 Å². The summed E-state index contributed by atoms with van der Waals surface area (Å²) in [5.74, 6) is -0.902. The predicted molar refractivity (Wildman–Crippen MR) is 71.4 cm³/mol. The summed E-state index contributed by atoms with van der Waals surface area (Å²) in [7, 11) is 1.64. The zero-order chi connectivity index (χ0) is 13.8. The van der Waals surface area contributed by atoms with Gasteiger partial charge in [0.25, 0.3) is 0 Å². The lowest BCUT2D eigenvalue weighted by Crippen LogP contribution is -2.19. The Kier molecular flexibility index (Phi) is 5.25. The molecule has 1 rings (SSSR count). The van der Waals surface area contributed by atoms with Crippen LogP contribution in [0, 0.1) is 0 Å². The van der Waals surface area contributed by atoms with Crippen molar-refractivity contribution in [3.8, 4) is 0 Å². The Morgan fingerprint density at radius 1 is 1.50 bits per heavy atom. The average molecular weight is 272 g/mol. The van der Waals surface area contributed by atoms with Crippen molar-refractivity contribution < 1.29 is 14.6 Å². The van der Waals surface area contributed by atoms with Gasteiger partial charge in [0, 0.05) is 25.6 Å². The number of carbonyl (C=O) groups is 1. The van der Waals surface area contributed by atoms with Crippen molar-refractivity contribution in [2.75, 3.05) is 20.3 Å². The molecule has 0 saturated heterocycles. The summed E-state index contributed by atoms with van der Waals surface area (Å²) in [5, 5.41) is 13.1. The number of hydrogen-bond donors (Lipinski definition) is 2. The number of aromatic carboxylic acids is 1. The van der Waals surface area contributed by atoms with Gasteiger partial charge in [0.1, 0.15) is 9.88 Å². The molecule has 2 N–H and O–H groups in total. The van der Waals surface area contributed by atoms with Gasteiger partial charge in [-0.1, -0.05) is 20.8 Å². The molecule has 0 aliphatic rings. The van der Waals surface area contributed by atoms with Crippen LogP contribution in [0.5, 0.6) is 0 Å². The minimum absolute atomic E-state index is 0.255. The van der Waals surface area contributed by atoms with E-state index in [9.17, 15) is 9.90 Å². The predicted octanol–water partition coefficient (Wildman–Crippen LogP) is 1.87. The molecule has 0 atom stereocenters. The van der Waals surface area contributed by atoms with Gasteiger partial charge < -0.3 is 15.2 Å². The van der Waals surface area contributed by atoms with E-state index < -0.39 is 5.97 Å². The molecule has 102 valence electrons. The maximum absolute atomic E-state index is 11.2. The van der Waals surface area contributed by atoms with Crippen molar-refractivity contribution in [3.05, 3.63) is 15.6 Å². The molecule has 0 aromatic carbocycles. The van der Waals surface area contributed by atoms with Crippen LogP contribution in [0.4, 0.5) is 0 Å². The number of thiazole rings is 1. The topological polar surface area (TPSA) is 71.5 Å². The van der Waals surface area contributed by atoms with Gasteiger partial charge in [0.2, 0.25) is 0 Å². The lowest BCUT2D eigenvalue weighted by molar-refractivity contribution is 0.0699. The summed E-state index contributed by atoms with van der Waals surface area (Å²) in [5.41, 5.74) is 0.401. The van der Waals surface area contributed by atoms with Gasteiger partial charge in [-0.15, -0.1) is 11.3 Å². The number of nitrogens with one attached hydrogen (secondary N) is 1. The molecule has 0 bridgehead atoms. The first-order chi connectivity index (χ1) is 8.36. The fraction of sp³-hybridized carbons (Fsp3) is 0.667. The molecule has 0 aliphatic heterocycles. The second-order valence-corrected chi connectivity index (χ2v) is 6.09. The molecule has 1 aromatic rings. The van der Waals surface area contributed by atoms with E-state index in [1.807, 2.05) is 20.8 Å². The molecule has 0 amide bonds. The van der Waals surface area contributed by atoms with Crippen molar-refractivity contribution >= 4 is 17.3 Å². The molecular formula is C12H20N2O3S. The van der Waals surface area contributed by atoms with Gasteiger partial charge in [0.15, 0.2) is 0 Å². The Morgan fingerprint density at radius 3 is 2.61 bits per heavy atom. The molecular weight excluding hydrogens is 252 g/mol. The highest BCUT2D eigenvalue weighted by Gasteiger charge is 2.26. The van der Waals surface area contributed by atoms with Crippen molar-refractivity contribution in [1.82, 2.24) is 10.3 Å². The number of hydrogen-bond acceptors (Lipinski definition) is 5. The maximum atomic E-state index is 11.2. The Hall–Kier alpha value is -0.980. The van der Waals surface area contributed by atoms with E-state index in [4.69, 9.17) is 4.74 Å². The zero-order valence-corrected chi connectivity index (χ0v) is 12.1. The van der Waals surface area contributed by atoms with Crippen LogP contribution in [-0.4, -0.2) is 36.3 Å². The zero-order valence-electron chi connectivity index (χ0n) is 11.2. The van der Waals surface area contributed by atoms with E-state index in [1.54, 1.807) is 7.11 Å². The van der Waals surface area contributed by atoms with Crippen LogP contribution in [0.25, 0.3) is 0 Å². The minimum Gasteiger partial charge on any atom is -0.477 e. The van der Waals surface area contributed by atoms with Crippen molar-refractivity contribution in [3.63, 3.8) is 0 Å². The number of ether oxygens (including phenoxy) is 1. The Labute approximate surface area is 111 Å². The molecule has 1 heterocycles. The monoisotopic (exact) mass is 272 g/mol.